The van der Waals surface area contributed by atoms with E-state index in [1.165, 1.54) is 19.3 Å². The maximum Gasteiger partial charge on any atom is 0.252 e. The van der Waals surface area contributed by atoms with Crippen LogP contribution in [0.3, 0.4) is 0 Å². The number of carbonyl (C=O) groups is 2. The smallest absolute Gasteiger partial charge is 0.252 e. The molecule has 0 spiro atoms. The van der Waals surface area contributed by atoms with Gasteiger partial charge >= 0.3 is 0 Å². The lowest BCUT2D eigenvalue weighted by Gasteiger charge is -2.30. The summed E-state index contributed by atoms with van der Waals surface area (Å²) in [6.07, 6.45) is 6.48. The molecular weight excluding hydrogens is 464 g/mol. The molecule has 1 aliphatic heterocycles. The Morgan fingerprint density at radius 1 is 0.946 bits per heavy atom. The molecule has 0 radical (unpaired) electrons. The van der Waals surface area contributed by atoms with Crippen molar-refractivity contribution in [2.24, 2.45) is 0 Å². The lowest BCUT2D eigenvalue weighted by Crippen LogP contribution is -2.47. The number of morpholine rings is 1. The second kappa shape index (κ2) is 15.5. The quantitative estimate of drug-likeness (QED) is 0.317. The molecule has 1 saturated heterocycles. The Labute approximate surface area is 222 Å². The summed E-state index contributed by atoms with van der Waals surface area (Å²) in [5.41, 5.74) is 4.43. The molecule has 2 amide bonds. The molecule has 1 heterocycles. The van der Waals surface area contributed by atoms with E-state index in [1.54, 1.807) is 0 Å². The number of nitrogens with zero attached hydrogens (tertiary/aromatic N) is 2. The van der Waals surface area contributed by atoms with Crippen molar-refractivity contribution < 1.29 is 19.1 Å². The molecule has 2 aromatic carbocycles. The Balaban J connectivity index is 1.57. The molecule has 0 saturated carbocycles. The highest BCUT2D eigenvalue weighted by Gasteiger charge is 2.26. The van der Waals surface area contributed by atoms with E-state index in [4.69, 9.17) is 9.47 Å². The van der Waals surface area contributed by atoms with Crippen LogP contribution in [0, 0.1) is 0 Å². The fraction of sp³-hybridized carbons (Fsp3) is 0.548. The molecular formula is C31H44N2O4. The predicted octanol–water partition coefficient (Wildman–Crippen LogP) is 5.48. The van der Waals surface area contributed by atoms with E-state index in [0.717, 1.165) is 35.1 Å². The summed E-state index contributed by atoms with van der Waals surface area (Å²) in [5.74, 6) is 0.253. The van der Waals surface area contributed by atoms with Crippen molar-refractivity contribution in [3.8, 4) is 11.1 Å². The minimum absolute atomic E-state index is 0.0431. The fourth-order valence-corrected chi connectivity index (χ4v) is 4.74. The molecule has 1 atom stereocenters. The highest BCUT2D eigenvalue weighted by molar-refractivity contribution is 5.81. The van der Waals surface area contributed by atoms with Gasteiger partial charge in [-0.05, 0) is 41.7 Å². The Kier molecular flexibility index (Phi) is 12.1. The zero-order valence-electron chi connectivity index (χ0n) is 22.9. The molecule has 1 aliphatic rings. The van der Waals surface area contributed by atoms with Crippen molar-refractivity contribution in [1.29, 1.82) is 0 Å². The number of carbonyl (C=O) groups excluding carboxylic acids is 2. The molecule has 0 aromatic heterocycles. The fourth-order valence-electron chi connectivity index (χ4n) is 4.74. The lowest BCUT2D eigenvalue weighted by molar-refractivity contribution is -0.147. The van der Waals surface area contributed by atoms with Crippen LogP contribution >= 0.6 is 0 Å². The number of ether oxygens (including phenoxy) is 2. The third-order valence-electron chi connectivity index (χ3n) is 6.94. The molecule has 1 fully saturated rings. The average molecular weight is 509 g/mol. The molecule has 3 rings (SSSR count). The monoisotopic (exact) mass is 508 g/mol. The minimum atomic E-state index is -0.475. The van der Waals surface area contributed by atoms with Gasteiger partial charge in [0.25, 0.3) is 5.91 Å². The first-order valence-electron chi connectivity index (χ1n) is 13.9. The molecule has 202 valence electrons. The SMILES string of the molecule is CCCCCCCC(=O)N(C)Cc1cccc(-c2ccc(CC(OCC)C(=O)N3CCOCC3)cc2)c1. The standard InChI is InChI=1S/C31H44N2O4/c1-4-6-7-8-9-13-30(34)32(3)24-26-11-10-12-28(22-26)27-16-14-25(15-17-27)23-29(37-5-2)31(35)33-18-20-36-21-19-33/h10-12,14-17,22,29H,4-9,13,18-21,23-24H2,1-3H3. The number of unbranched alkanes of at least 4 members (excludes halogenated alkanes) is 4. The molecule has 2 aromatic rings. The van der Waals surface area contributed by atoms with Gasteiger partial charge in [0, 0.05) is 46.1 Å². The van der Waals surface area contributed by atoms with Crippen molar-refractivity contribution in [1.82, 2.24) is 9.80 Å². The molecule has 6 heteroatoms. The van der Waals surface area contributed by atoms with Crippen LogP contribution in [0.2, 0.25) is 0 Å². The summed E-state index contributed by atoms with van der Waals surface area (Å²) in [7, 11) is 1.89. The van der Waals surface area contributed by atoms with Crippen LogP contribution in [-0.4, -0.2) is 67.7 Å². The topological polar surface area (TPSA) is 59.1 Å². The van der Waals surface area contributed by atoms with Gasteiger partial charge in [-0.3, -0.25) is 9.59 Å². The third kappa shape index (κ3) is 9.28. The Bertz CT molecular complexity index is 969. The Morgan fingerprint density at radius 3 is 2.38 bits per heavy atom. The second-order valence-electron chi connectivity index (χ2n) is 9.90. The van der Waals surface area contributed by atoms with Crippen molar-refractivity contribution in [2.75, 3.05) is 40.0 Å². The van der Waals surface area contributed by atoms with Crippen molar-refractivity contribution in [3.05, 3.63) is 59.7 Å². The zero-order valence-corrected chi connectivity index (χ0v) is 22.9. The maximum atomic E-state index is 13.0. The van der Waals surface area contributed by atoms with Crippen LogP contribution in [0.15, 0.2) is 48.5 Å². The van der Waals surface area contributed by atoms with Crippen LogP contribution in [-0.2, 0) is 32.0 Å². The highest BCUT2D eigenvalue weighted by Crippen LogP contribution is 2.23. The molecule has 37 heavy (non-hydrogen) atoms. The first-order valence-corrected chi connectivity index (χ1v) is 13.9. The molecule has 1 unspecified atom stereocenters. The van der Waals surface area contributed by atoms with E-state index in [-0.39, 0.29) is 11.8 Å². The zero-order chi connectivity index (χ0) is 26.5. The lowest BCUT2D eigenvalue weighted by atomic mass is 9.99. The largest absolute Gasteiger partial charge is 0.378 e. The van der Waals surface area contributed by atoms with Crippen molar-refractivity contribution in [3.63, 3.8) is 0 Å². The Morgan fingerprint density at radius 2 is 1.68 bits per heavy atom. The molecule has 0 bridgehead atoms. The first-order chi connectivity index (χ1) is 18.0. The minimum Gasteiger partial charge on any atom is -0.378 e. The van der Waals surface area contributed by atoms with Gasteiger partial charge in [-0.15, -0.1) is 0 Å². The van der Waals surface area contributed by atoms with Gasteiger partial charge in [0.2, 0.25) is 5.91 Å². The van der Waals surface area contributed by atoms with Gasteiger partial charge in [-0.25, -0.2) is 0 Å². The average Bonchev–Trinajstić information content (AvgIpc) is 2.93. The van der Waals surface area contributed by atoms with E-state index in [0.29, 0.717) is 52.3 Å². The van der Waals surface area contributed by atoms with Crippen LogP contribution in [0.5, 0.6) is 0 Å². The summed E-state index contributed by atoms with van der Waals surface area (Å²) in [5, 5.41) is 0. The van der Waals surface area contributed by atoms with Crippen LogP contribution in [0.4, 0.5) is 0 Å². The normalized spacial score (nSPS) is 14.4. The van der Waals surface area contributed by atoms with E-state index >= 15 is 0 Å². The van der Waals surface area contributed by atoms with Crippen LogP contribution < -0.4 is 0 Å². The summed E-state index contributed by atoms with van der Waals surface area (Å²) >= 11 is 0. The highest BCUT2D eigenvalue weighted by atomic mass is 16.5. The third-order valence-corrected chi connectivity index (χ3v) is 6.94. The first kappa shape index (κ1) is 28.9. The summed E-state index contributed by atoms with van der Waals surface area (Å²) in [6.45, 7) is 7.65. The molecule has 0 aliphatic carbocycles. The number of hydrogen-bond acceptors (Lipinski definition) is 4. The van der Waals surface area contributed by atoms with Gasteiger partial charge in [-0.1, -0.05) is 75.1 Å². The summed E-state index contributed by atoms with van der Waals surface area (Å²) in [4.78, 5) is 29.2. The van der Waals surface area contributed by atoms with Crippen LogP contribution in [0.1, 0.15) is 63.5 Å². The van der Waals surface area contributed by atoms with Gasteiger partial charge in [0.15, 0.2) is 0 Å². The number of rotatable bonds is 14. The Hall–Kier alpha value is -2.70. The van der Waals surface area contributed by atoms with E-state index in [9.17, 15) is 9.59 Å². The van der Waals surface area contributed by atoms with Crippen LogP contribution in [0.25, 0.3) is 11.1 Å². The summed E-state index contributed by atoms with van der Waals surface area (Å²) in [6, 6.07) is 16.7. The number of amides is 2. The maximum absolute atomic E-state index is 13.0. The van der Waals surface area contributed by atoms with Gasteiger partial charge in [-0.2, -0.15) is 0 Å². The summed E-state index contributed by atoms with van der Waals surface area (Å²) < 4.78 is 11.2. The van der Waals surface area contributed by atoms with Crippen molar-refractivity contribution in [2.45, 2.75) is 71.4 Å². The van der Waals surface area contributed by atoms with E-state index in [2.05, 4.69) is 49.4 Å². The van der Waals surface area contributed by atoms with Gasteiger partial charge in [0.1, 0.15) is 6.10 Å². The number of hydrogen-bond donors (Lipinski definition) is 0. The predicted molar refractivity (Wildman–Crippen MR) is 148 cm³/mol. The van der Waals surface area contributed by atoms with E-state index < -0.39 is 6.10 Å². The molecule has 6 nitrogen and oxygen atoms in total. The van der Waals surface area contributed by atoms with Gasteiger partial charge in [0.05, 0.1) is 13.2 Å². The van der Waals surface area contributed by atoms with Gasteiger partial charge < -0.3 is 19.3 Å². The molecule has 0 N–H and O–H groups in total. The van der Waals surface area contributed by atoms with Crippen molar-refractivity contribution >= 4 is 11.8 Å². The van der Waals surface area contributed by atoms with E-state index in [1.807, 2.05) is 29.8 Å². The second-order valence-corrected chi connectivity index (χ2v) is 9.90. The number of benzene rings is 2.